The Labute approximate surface area is 148 Å². The molecule has 1 aromatic carbocycles. The fourth-order valence-electron chi connectivity index (χ4n) is 3.53. The molecule has 1 atom stereocenters. The Kier molecular flexibility index (Phi) is 4.44. The number of piperidine rings is 1. The van der Waals surface area contributed by atoms with E-state index in [0.29, 0.717) is 5.92 Å². The van der Waals surface area contributed by atoms with Crippen molar-refractivity contribution in [2.45, 2.75) is 25.3 Å². The van der Waals surface area contributed by atoms with Gasteiger partial charge in [-0.25, -0.2) is 4.98 Å². The Hall–Kier alpha value is -2.34. The SMILES string of the molecule is CN(C)CCn1ccnc1[C@H]1CCCN(c2nc3ccccc3o2)C1. The summed E-state index contributed by atoms with van der Waals surface area (Å²) in [4.78, 5) is 13.8. The van der Waals surface area contributed by atoms with Crippen molar-refractivity contribution >= 4 is 17.1 Å². The molecule has 1 aliphatic heterocycles. The van der Waals surface area contributed by atoms with Gasteiger partial charge < -0.3 is 18.8 Å². The summed E-state index contributed by atoms with van der Waals surface area (Å²) in [6, 6.07) is 8.68. The summed E-state index contributed by atoms with van der Waals surface area (Å²) in [7, 11) is 4.21. The van der Waals surface area contributed by atoms with Crippen molar-refractivity contribution in [3.05, 3.63) is 42.5 Å². The van der Waals surface area contributed by atoms with Crippen LogP contribution >= 0.6 is 0 Å². The topological polar surface area (TPSA) is 50.3 Å². The molecule has 0 saturated carbocycles. The van der Waals surface area contributed by atoms with Crippen LogP contribution in [-0.4, -0.2) is 53.2 Å². The van der Waals surface area contributed by atoms with Crippen LogP contribution < -0.4 is 4.90 Å². The fourth-order valence-corrected chi connectivity index (χ4v) is 3.53. The Bertz CT molecular complexity index is 804. The second kappa shape index (κ2) is 6.88. The Balaban J connectivity index is 1.52. The maximum atomic E-state index is 5.96. The summed E-state index contributed by atoms with van der Waals surface area (Å²) >= 11 is 0. The molecule has 6 nitrogen and oxygen atoms in total. The summed E-state index contributed by atoms with van der Waals surface area (Å²) in [5.41, 5.74) is 1.78. The molecule has 1 saturated heterocycles. The van der Waals surface area contributed by atoms with E-state index in [1.165, 1.54) is 5.82 Å². The molecule has 0 bridgehead atoms. The molecule has 2 aromatic heterocycles. The molecule has 0 aliphatic carbocycles. The van der Waals surface area contributed by atoms with E-state index in [1.54, 1.807) is 0 Å². The molecule has 0 spiro atoms. The summed E-state index contributed by atoms with van der Waals surface area (Å²) in [6.45, 7) is 3.89. The zero-order chi connectivity index (χ0) is 17.2. The molecule has 1 aliphatic rings. The standard InChI is InChI=1S/C19H25N5O/c1-22(2)12-13-23-11-9-20-18(23)15-6-5-10-24(14-15)19-21-16-7-3-4-8-17(16)25-19/h3-4,7-9,11,15H,5-6,10,12-14H2,1-2H3/t15-/m0/s1. The third-order valence-electron chi connectivity index (χ3n) is 4.88. The lowest BCUT2D eigenvalue weighted by molar-refractivity contribution is 0.372. The summed E-state index contributed by atoms with van der Waals surface area (Å²) < 4.78 is 8.26. The maximum Gasteiger partial charge on any atom is 0.298 e. The van der Waals surface area contributed by atoms with E-state index in [2.05, 4.69) is 44.6 Å². The highest BCUT2D eigenvalue weighted by atomic mass is 16.4. The van der Waals surface area contributed by atoms with E-state index in [0.717, 1.165) is 56.1 Å². The highest BCUT2D eigenvalue weighted by Gasteiger charge is 2.27. The summed E-state index contributed by atoms with van der Waals surface area (Å²) in [5.74, 6) is 1.60. The number of nitrogens with zero attached hydrogens (tertiary/aromatic N) is 5. The number of aromatic nitrogens is 3. The monoisotopic (exact) mass is 339 g/mol. The Morgan fingerprint density at radius 2 is 2.16 bits per heavy atom. The minimum absolute atomic E-state index is 0.418. The first-order chi connectivity index (χ1) is 12.2. The number of benzene rings is 1. The first-order valence-electron chi connectivity index (χ1n) is 8.97. The van der Waals surface area contributed by atoms with Gasteiger partial charge in [0.2, 0.25) is 0 Å². The van der Waals surface area contributed by atoms with Crippen LogP contribution in [0, 0.1) is 0 Å². The van der Waals surface area contributed by atoms with Crippen LogP contribution in [0.15, 0.2) is 41.1 Å². The highest BCUT2D eigenvalue weighted by Crippen LogP contribution is 2.30. The van der Waals surface area contributed by atoms with Crippen molar-refractivity contribution in [1.29, 1.82) is 0 Å². The number of anilines is 1. The molecule has 4 rings (SSSR count). The van der Waals surface area contributed by atoms with Crippen molar-refractivity contribution < 1.29 is 4.42 Å². The molecule has 3 aromatic rings. The minimum atomic E-state index is 0.418. The molecular weight excluding hydrogens is 314 g/mol. The summed E-state index contributed by atoms with van der Waals surface area (Å²) in [5, 5.41) is 0. The third kappa shape index (κ3) is 3.39. The van der Waals surface area contributed by atoms with Crippen LogP contribution in [0.5, 0.6) is 0 Å². The fraction of sp³-hybridized carbons (Fsp3) is 0.474. The lowest BCUT2D eigenvalue weighted by atomic mass is 9.97. The molecule has 0 radical (unpaired) electrons. The Morgan fingerprint density at radius 3 is 3.00 bits per heavy atom. The quantitative estimate of drug-likeness (QED) is 0.715. The average Bonchev–Trinajstić information content (AvgIpc) is 3.26. The predicted molar refractivity (Wildman–Crippen MR) is 99.0 cm³/mol. The number of hydrogen-bond acceptors (Lipinski definition) is 5. The zero-order valence-electron chi connectivity index (χ0n) is 14.9. The second-order valence-electron chi connectivity index (χ2n) is 7.03. The number of fused-ring (bicyclic) bond motifs is 1. The van der Waals surface area contributed by atoms with E-state index in [1.807, 2.05) is 30.5 Å². The molecule has 132 valence electrons. The number of para-hydroxylation sites is 2. The van der Waals surface area contributed by atoms with E-state index in [4.69, 9.17) is 4.42 Å². The van der Waals surface area contributed by atoms with Crippen molar-refractivity contribution in [2.75, 3.05) is 38.6 Å². The van der Waals surface area contributed by atoms with Crippen LogP contribution in [0.4, 0.5) is 6.01 Å². The van der Waals surface area contributed by atoms with Gasteiger partial charge >= 0.3 is 0 Å². The van der Waals surface area contributed by atoms with Crippen LogP contribution in [0.2, 0.25) is 0 Å². The molecular formula is C19H25N5O. The lowest BCUT2D eigenvalue weighted by Gasteiger charge is -2.31. The third-order valence-corrected chi connectivity index (χ3v) is 4.88. The van der Waals surface area contributed by atoms with E-state index in [9.17, 15) is 0 Å². The molecule has 0 N–H and O–H groups in total. The molecule has 3 heterocycles. The van der Waals surface area contributed by atoms with Gasteiger partial charge in [0.05, 0.1) is 0 Å². The van der Waals surface area contributed by atoms with Crippen molar-refractivity contribution in [1.82, 2.24) is 19.4 Å². The minimum Gasteiger partial charge on any atom is -0.423 e. The van der Waals surface area contributed by atoms with Crippen LogP contribution in [0.3, 0.4) is 0 Å². The van der Waals surface area contributed by atoms with E-state index in [-0.39, 0.29) is 0 Å². The second-order valence-corrected chi connectivity index (χ2v) is 7.03. The van der Waals surface area contributed by atoms with Crippen LogP contribution in [0.1, 0.15) is 24.6 Å². The Morgan fingerprint density at radius 1 is 1.28 bits per heavy atom. The van der Waals surface area contributed by atoms with Gasteiger partial charge in [0.15, 0.2) is 5.58 Å². The van der Waals surface area contributed by atoms with Gasteiger partial charge in [0, 0.05) is 44.5 Å². The lowest BCUT2D eigenvalue weighted by Crippen LogP contribution is -2.35. The first kappa shape index (κ1) is 16.1. The van der Waals surface area contributed by atoms with E-state index < -0.39 is 0 Å². The van der Waals surface area contributed by atoms with Crippen molar-refractivity contribution in [3.63, 3.8) is 0 Å². The number of rotatable bonds is 5. The van der Waals surface area contributed by atoms with Gasteiger partial charge in [-0.15, -0.1) is 0 Å². The van der Waals surface area contributed by atoms with Gasteiger partial charge in [-0.1, -0.05) is 12.1 Å². The number of hydrogen-bond donors (Lipinski definition) is 0. The van der Waals surface area contributed by atoms with Gasteiger partial charge in [-0.05, 0) is 39.1 Å². The normalized spacial score (nSPS) is 18.4. The smallest absolute Gasteiger partial charge is 0.298 e. The molecule has 1 fully saturated rings. The van der Waals surface area contributed by atoms with Crippen LogP contribution in [-0.2, 0) is 6.54 Å². The number of imidazole rings is 1. The molecule has 25 heavy (non-hydrogen) atoms. The van der Waals surface area contributed by atoms with Gasteiger partial charge in [-0.2, -0.15) is 4.98 Å². The molecule has 6 heteroatoms. The van der Waals surface area contributed by atoms with Crippen molar-refractivity contribution in [2.24, 2.45) is 0 Å². The van der Waals surface area contributed by atoms with Crippen LogP contribution in [0.25, 0.3) is 11.1 Å². The highest BCUT2D eigenvalue weighted by molar-refractivity contribution is 5.74. The summed E-state index contributed by atoms with van der Waals surface area (Å²) in [6.07, 6.45) is 6.31. The predicted octanol–water partition coefficient (Wildman–Crippen LogP) is 2.97. The van der Waals surface area contributed by atoms with Gasteiger partial charge in [0.1, 0.15) is 11.3 Å². The largest absolute Gasteiger partial charge is 0.423 e. The molecule has 0 unspecified atom stereocenters. The first-order valence-corrected chi connectivity index (χ1v) is 8.97. The number of likely N-dealkylation sites (N-methyl/N-ethyl adjacent to an activating group) is 1. The van der Waals surface area contributed by atoms with Gasteiger partial charge in [0.25, 0.3) is 6.01 Å². The molecule has 0 amide bonds. The zero-order valence-corrected chi connectivity index (χ0v) is 14.9. The van der Waals surface area contributed by atoms with E-state index >= 15 is 0 Å². The van der Waals surface area contributed by atoms with Gasteiger partial charge in [-0.3, -0.25) is 0 Å². The maximum absolute atomic E-state index is 5.96. The number of oxazole rings is 1. The van der Waals surface area contributed by atoms with Crippen molar-refractivity contribution in [3.8, 4) is 0 Å². The average molecular weight is 339 g/mol.